The first-order chi connectivity index (χ1) is 14.5. The van der Waals surface area contributed by atoms with Crippen LogP contribution in [0.2, 0.25) is 0 Å². The summed E-state index contributed by atoms with van der Waals surface area (Å²) in [6.07, 6.45) is 6.97. The summed E-state index contributed by atoms with van der Waals surface area (Å²) in [6.45, 7) is 2.12. The van der Waals surface area contributed by atoms with Crippen molar-refractivity contribution in [3.8, 4) is 17.3 Å². The van der Waals surface area contributed by atoms with E-state index in [-0.39, 0.29) is 25.3 Å². The van der Waals surface area contributed by atoms with Crippen LogP contribution in [-0.4, -0.2) is 73.8 Å². The molecule has 3 aromatic heterocycles. The van der Waals surface area contributed by atoms with Crippen LogP contribution in [0.5, 0.6) is 0 Å². The minimum atomic E-state index is -4.67. The van der Waals surface area contributed by atoms with E-state index in [9.17, 15) is 13.7 Å². The third-order valence-electron chi connectivity index (χ3n) is 4.80. The third-order valence-corrected chi connectivity index (χ3v) is 6.58. The van der Waals surface area contributed by atoms with Crippen LogP contribution in [0.15, 0.2) is 31.0 Å². The van der Waals surface area contributed by atoms with Gasteiger partial charge in [0.1, 0.15) is 17.5 Å². The lowest BCUT2D eigenvalue weighted by Gasteiger charge is -2.47. The second-order valence-corrected chi connectivity index (χ2v) is 9.96. The fourth-order valence-corrected chi connectivity index (χ4v) is 4.52. The third kappa shape index (κ3) is 4.89. The molecule has 0 radical (unpaired) electrons. The molecule has 0 bridgehead atoms. The summed E-state index contributed by atoms with van der Waals surface area (Å²) in [4.78, 5) is 11.6. The van der Waals surface area contributed by atoms with Gasteiger partial charge < -0.3 is 4.98 Å². The first-order valence-corrected chi connectivity index (χ1v) is 11.9. The normalized spacial score (nSPS) is 16.2. The Morgan fingerprint density at radius 1 is 1.26 bits per heavy atom. The lowest BCUT2D eigenvalue weighted by Crippen LogP contribution is -2.64. The second kappa shape index (κ2) is 8.32. The van der Waals surface area contributed by atoms with Crippen LogP contribution in [0, 0.1) is 11.3 Å². The van der Waals surface area contributed by atoms with Crippen molar-refractivity contribution in [2.75, 3.05) is 18.8 Å². The van der Waals surface area contributed by atoms with Crippen molar-refractivity contribution in [3.05, 3.63) is 31.0 Å². The molecule has 0 saturated carbocycles. The van der Waals surface area contributed by atoms with E-state index in [1.165, 1.54) is 10.6 Å². The second-order valence-electron chi connectivity index (χ2n) is 6.81. The molecule has 31 heavy (non-hydrogen) atoms. The zero-order valence-corrected chi connectivity index (χ0v) is 17.9. The van der Waals surface area contributed by atoms with Crippen molar-refractivity contribution in [1.82, 2.24) is 29.0 Å². The first-order valence-electron chi connectivity index (χ1n) is 8.87. The van der Waals surface area contributed by atoms with Gasteiger partial charge in [-0.2, -0.15) is 23.1 Å². The maximum absolute atomic E-state index is 12.0. The van der Waals surface area contributed by atoms with Crippen molar-refractivity contribution in [3.63, 3.8) is 0 Å². The number of sulfonamides is 1. The average molecular weight is 470 g/mol. The Hall–Kier alpha value is -2.90. The number of rotatable bonds is 5. The number of aromatic amines is 1. The maximum atomic E-state index is 12.0. The Morgan fingerprint density at radius 2 is 1.94 bits per heavy atom. The zero-order chi connectivity index (χ0) is 22.9. The smallest absolute Gasteiger partial charge is 0.346 e. The lowest BCUT2D eigenvalue weighted by molar-refractivity contribution is 0.0719. The monoisotopic (exact) mass is 469 g/mol. The average Bonchev–Trinajstić information content (AvgIpc) is 3.32. The number of nitriles is 1. The van der Waals surface area contributed by atoms with Gasteiger partial charge in [-0.25, -0.2) is 18.4 Å². The molecule has 1 saturated heterocycles. The highest BCUT2D eigenvalue weighted by Crippen LogP contribution is 2.35. The number of aromatic nitrogens is 5. The quantitative estimate of drug-likeness (QED) is 0.441. The summed E-state index contributed by atoms with van der Waals surface area (Å²) in [5, 5.41) is 14.5. The van der Waals surface area contributed by atoms with Gasteiger partial charge in [0.2, 0.25) is 10.0 Å². The van der Waals surface area contributed by atoms with Gasteiger partial charge in [-0.15, -0.1) is 0 Å². The van der Waals surface area contributed by atoms with Gasteiger partial charge in [0, 0.05) is 36.4 Å². The highest BCUT2D eigenvalue weighted by Gasteiger charge is 2.49. The molecule has 0 spiro atoms. The van der Waals surface area contributed by atoms with E-state index in [1.54, 1.807) is 24.0 Å². The number of nitrogens with one attached hydrogen (secondary N) is 1. The number of hydrogen-bond donors (Lipinski definition) is 3. The van der Waals surface area contributed by atoms with Crippen LogP contribution in [0.25, 0.3) is 22.3 Å². The molecular weight excluding hydrogens is 450 g/mol. The van der Waals surface area contributed by atoms with Crippen molar-refractivity contribution in [2.24, 2.45) is 0 Å². The maximum Gasteiger partial charge on any atom is 0.394 e. The Kier molecular flexibility index (Phi) is 6.11. The molecule has 13 nitrogen and oxygen atoms in total. The molecule has 0 unspecified atom stereocenters. The van der Waals surface area contributed by atoms with Crippen LogP contribution in [0.4, 0.5) is 0 Å². The van der Waals surface area contributed by atoms with Gasteiger partial charge >= 0.3 is 10.4 Å². The number of hydrogen-bond acceptors (Lipinski definition) is 8. The largest absolute Gasteiger partial charge is 0.394 e. The van der Waals surface area contributed by atoms with Gasteiger partial charge in [-0.3, -0.25) is 13.8 Å². The molecule has 0 atom stereocenters. The molecule has 166 valence electrons. The predicted molar refractivity (Wildman–Crippen MR) is 109 cm³/mol. The van der Waals surface area contributed by atoms with Crippen LogP contribution in [-0.2, 0) is 26.0 Å². The van der Waals surface area contributed by atoms with E-state index in [2.05, 4.69) is 26.1 Å². The SMILES string of the molecule is CCS(=O)(=O)N1CC(CC#N)(n2cc(-c3ncnc4[nH]ccc34)cn2)C1.O=S(=O)(O)O. The predicted octanol–water partition coefficient (Wildman–Crippen LogP) is 0.443. The number of nitrogens with zero attached hydrogens (tertiary/aromatic N) is 6. The minimum absolute atomic E-state index is 0.0480. The molecular formula is C16H19N7O6S2. The van der Waals surface area contributed by atoms with Crippen molar-refractivity contribution in [2.45, 2.75) is 18.9 Å². The Bertz CT molecular complexity index is 1330. The minimum Gasteiger partial charge on any atom is -0.346 e. The summed E-state index contributed by atoms with van der Waals surface area (Å²) in [5.74, 6) is 0.0480. The van der Waals surface area contributed by atoms with Crippen LogP contribution >= 0.6 is 0 Å². The van der Waals surface area contributed by atoms with E-state index < -0.39 is 26.0 Å². The first kappa shape index (κ1) is 22.8. The van der Waals surface area contributed by atoms with Crippen LogP contribution in [0.3, 0.4) is 0 Å². The van der Waals surface area contributed by atoms with Gasteiger partial charge in [0.05, 0.1) is 30.1 Å². The van der Waals surface area contributed by atoms with Gasteiger partial charge in [0.15, 0.2) is 0 Å². The topological polar surface area (TPSA) is 195 Å². The molecule has 0 aromatic carbocycles. The van der Waals surface area contributed by atoms with E-state index in [0.717, 1.165) is 22.3 Å². The highest BCUT2D eigenvalue weighted by atomic mass is 32.3. The zero-order valence-electron chi connectivity index (χ0n) is 16.2. The fraction of sp³-hybridized carbons (Fsp3) is 0.375. The molecule has 4 rings (SSSR count). The van der Waals surface area contributed by atoms with Crippen LogP contribution < -0.4 is 0 Å². The molecule has 1 fully saturated rings. The van der Waals surface area contributed by atoms with Crippen LogP contribution in [0.1, 0.15) is 13.3 Å². The van der Waals surface area contributed by atoms with Gasteiger partial charge in [0.25, 0.3) is 0 Å². The molecule has 15 heteroatoms. The standard InChI is InChI=1S/C16H17N7O2S.H2O4S/c1-2-26(24,25)22-9-16(10-22,4-5-17)23-8-12(7-21-23)14-13-3-6-18-15(13)20-11-19-14;1-5(2,3)4/h3,6-8,11H,2,4,9-10H2,1H3,(H,18,19,20);(H2,1,2,3,4). The molecule has 1 aliphatic rings. The van der Waals surface area contributed by atoms with Crippen molar-refractivity contribution < 1.29 is 25.9 Å². The van der Waals surface area contributed by atoms with Crippen molar-refractivity contribution >= 4 is 31.5 Å². The molecule has 1 aliphatic heterocycles. The fourth-order valence-electron chi connectivity index (χ4n) is 3.28. The number of fused-ring (bicyclic) bond motifs is 1. The number of H-pyrrole nitrogens is 1. The Balaban J connectivity index is 0.000000491. The van der Waals surface area contributed by atoms with E-state index >= 15 is 0 Å². The molecule has 0 aliphatic carbocycles. The molecule has 4 heterocycles. The molecule has 3 N–H and O–H groups in total. The summed E-state index contributed by atoms with van der Waals surface area (Å²) in [6, 6.07) is 4.06. The van der Waals surface area contributed by atoms with E-state index in [1.807, 2.05) is 12.3 Å². The summed E-state index contributed by atoms with van der Waals surface area (Å²) >= 11 is 0. The Morgan fingerprint density at radius 3 is 2.55 bits per heavy atom. The van der Waals surface area contributed by atoms with Gasteiger partial charge in [-0.05, 0) is 13.0 Å². The Labute approximate surface area is 178 Å². The van der Waals surface area contributed by atoms with Crippen molar-refractivity contribution in [1.29, 1.82) is 5.26 Å². The highest BCUT2D eigenvalue weighted by molar-refractivity contribution is 7.89. The van der Waals surface area contributed by atoms with E-state index in [0.29, 0.717) is 0 Å². The summed E-state index contributed by atoms with van der Waals surface area (Å²) < 4.78 is 58.8. The molecule has 0 amide bonds. The lowest BCUT2D eigenvalue weighted by atomic mass is 9.89. The summed E-state index contributed by atoms with van der Waals surface area (Å²) in [7, 11) is -7.93. The summed E-state index contributed by atoms with van der Waals surface area (Å²) in [5.41, 5.74) is 1.64. The van der Waals surface area contributed by atoms with Gasteiger partial charge in [-0.1, -0.05) is 0 Å². The van der Waals surface area contributed by atoms with E-state index in [4.69, 9.17) is 17.5 Å². The molecule has 3 aromatic rings.